The number of nitrogens with zero attached hydrogens (tertiary/aromatic N) is 1. The van der Waals surface area contributed by atoms with Crippen LogP contribution in [0.3, 0.4) is 0 Å². The van der Waals surface area contributed by atoms with Gasteiger partial charge < -0.3 is 19.5 Å². The molecule has 1 saturated heterocycles. The number of hydrogen-bond donors (Lipinski definition) is 1. The smallest absolute Gasteiger partial charge is 0.338 e. The van der Waals surface area contributed by atoms with Crippen molar-refractivity contribution in [1.82, 2.24) is 4.90 Å². The van der Waals surface area contributed by atoms with Crippen molar-refractivity contribution in [3.05, 3.63) is 23.3 Å². The summed E-state index contributed by atoms with van der Waals surface area (Å²) in [5.74, 6) is -2.32. The molecule has 1 N–H and O–H groups in total. The van der Waals surface area contributed by atoms with E-state index in [-0.39, 0.29) is 24.4 Å². The largest absolute Gasteiger partial charge is 0.459 e. The average molecular weight is 365 g/mol. The van der Waals surface area contributed by atoms with Crippen LogP contribution in [-0.4, -0.2) is 66.2 Å². The fourth-order valence-corrected chi connectivity index (χ4v) is 2.92. The van der Waals surface area contributed by atoms with Gasteiger partial charge in [-0.05, 0) is 33.2 Å². The molecule has 7 heteroatoms. The van der Waals surface area contributed by atoms with Crippen LogP contribution in [0.25, 0.3) is 0 Å². The van der Waals surface area contributed by atoms with Crippen LogP contribution in [0.5, 0.6) is 0 Å². The van der Waals surface area contributed by atoms with Gasteiger partial charge in [0, 0.05) is 30.7 Å². The number of carbonyl (C=O) groups excluding carboxylic acids is 3. The number of fused-ring (bicyclic) bond motifs is 2. The number of esters is 2. The number of aliphatic hydroxyl groups is 1. The number of rotatable bonds is 0. The van der Waals surface area contributed by atoms with E-state index in [2.05, 4.69) is 0 Å². The first kappa shape index (κ1) is 20.3. The van der Waals surface area contributed by atoms with Crippen LogP contribution in [0.2, 0.25) is 0 Å². The van der Waals surface area contributed by atoms with Crippen LogP contribution in [0.1, 0.15) is 33.6 Å². The lowest BCUT2D eigenvalue weighted by molar-refractivity contribution is -0.169. The molecule has 0 aromatic heterocycles. The van der Waals surface area contributed by atoms with Gasteiger partial charge in [0.1, 0.15) is 6.61 Å². The zero-order valence-electron chi connectivity index (χ0n) is 15.8. The summed E-state index contributed by atoms with van der Waals surface area (Å²) in [5, 5.41) is 10.6. The quantitative estimate of drug-likeness (QED) is 0.506. The summed E-state index contributed by atoms with van der Waals surface area (Å²) in [7, 11) is 1.89. The second-order valence-corrected chi connectivity index (χ2v) is 7.18. The summed E-state index contributed by atoms with van der Waals surface area (Å²) in [6, 6.07) is 0. The predicted molar refractivity (Wildman–Crippen MR) is 94.2 cm³/mol. The molecule has 2 aliphatic heterocycles. The molecule has 2 rings (SSSR count). The van der Waals surface area contributed by atoms with Crippen molar-refractivity contribution >= 4 is 17.7 Å². The van der Waals surface area contributed by atoms with E-state index in [1.807, 2.05) is 11.9 Å². The fraction of sp³-hybridized carbons (Fsp3) is 0.632. The Balaban J connectivity index is 2.42. The average Bonchev–Trinajstić information content (AvgIpc) is 2.59. The number of allylic oxidation sites excluding steroid dienone is 1. The molecular weight excluding hydrogens is 338 g/mol. The molecule has 0 aliphatic carbocycles. The minimum Gasteiger partial charge on any atom is -0.459 e. The third-order valence-corrected chi connectivity index (χ3v) is 5.15. The second kappa shape index (κ2) is 8.14. The molecule has 144 valence electrons. The summed E-state index contributed by atoms with van der Waals surface area (Å²) in [4.78, 5) is 39.7. The van der Waals surface area contributed by atoms with E-state index >= 15 is 0 Å². The van der Waals surface area contributed by atoms with Gasteiger partial charge in [-0.25, -0.2) is 9.59 Å². The highest BCUT2D eigenvalue weighted by atomic mass is 16.6. The van der Waals surface area contributed by atoms with Gasteiger partial charge in [-0.15, -0.1) is 0 Å². The molecule has 1 fully saturated rings. The van der Waals surface area contributed by atoms with Gasteiger partial charge in [0.25, 0.3) is 0 Å². The maximum atomic E-state index is 12.8. The SMILES string of the molecule is CC=C1C[C@@H](C)[C@@](C)(O)C(=O)OCC2=CCN(C)CC[C@@H](OC1=O)C2=O. The Hall–Kier alpha value is -1.99. The number of cyclic esters (lactones) is 1. The molecule has 7 nitrogen and oxygen atoms in total. The van der Waals surface area contributed by atoms with Crippen molar-refractivity contribution in [1.29, 1.82) is 0 Å². The first-order valence-corrected chi connectivity index (χ1v) is 8.84. The molecule has 2 bridgehead atoms. The van der Waals surface area contributed by atoms with E-state index < -0.39 is 29.6 Å². The van der Waals surface area contributed by atoms with Crippen LogP contribution < -0.4 is 0 Å². The van der Waals surface area contributed by atoms with E-state index in [0.29, 0.717) is 25.1 Å². The number of hydrogen-bond acceptors (Lipinski definition) is 7. The van der Waals surface area contributed by atoms with Crippen LogP contribution in [0.4, 0.5) is 0 Å². The van der Waals surface area contributed by atoms with Crippen molar-refractivity contribution in [2.75, 3.05) is 26.7 Å². The molecule has 0 aromatic carbocycles. The van der Waals surface area contributed by atoms with Gasteiger partial charge >= 0.3 is 11.9 Å². The Kier molecular flexibility index (Phi) is 6.36. The molecular formula is C19H27NO6. The number of ketones is 1. The van der Waals surface area contributed by atoms with Gasteiger partial charge in [0.2, 0.25) is 5.78 Å². The normalized spacial score (nSPS) is 34.0. The van der Waals surface area contributed by atoms with E-state index in [9.17, 15) is 19.5 Å². The third kappa shape index (κ3) is 4.40. The van der Waals surface area contributed by atoms with Crippen molar-refractivity contribution in [3.8, 4) is 0 Å². The number of ether oxygens (including phenoxy) is 2. The number of likely N-dealkylation sites (N-methyl/N-ethyl adjacent to an activating group) is 1. The Morgan fingerprint density at radius 1 is 1.35 bits per heavy atom. The van der Waals surface area contributed by atoms with E-state index in [0.717, 1.165) is 0 Å². The van der Waals surface area contributed by atoms with Gasteiger partial charge in [-0.3, -0.25) is 4.79 Å². The van der Waals surface area contributed by atoms with E-state index in [1.54, 1.807) is 26.0 Å². The molecule has 0 radical (unpaired) electrons. The van der Waals surface area contributed by atoms with Crippen LogP contribution >= 0.6 is 0 Å². The summed E-state index contributed by atoms with van der Waals surface area (Å²) < 4.78 is 10.7. The lowest BCUT2D eigenvalue weighted by Gasteiger charge is -2.31. The molecule has 0 spiro atoms. The molecule has 0 saturated carbocycles. The Bertz CT molecular complexity index is 648. The van der Waals surface area contributed by atoms with Crippen LogP contribution in [0, 0.1) is 5.92 Å². The minimum atomic E-state index is -1.78. The molecule has 3 atom stereocenters. The highest BCUT2D eigenvalue weighted by Gasteiger charge is 2.40. The van der Waals surface area contributed by atoms with E-state index in [4.69, 9.17) is 9.47 Å². The molecule has 2 heterocycles. The zero-order chi connectivity index (χ0) is 19.5. The molecule has 26 heavy (non-hydrogen) atoms. The first-order chi connectivity index (χ1) is 12.2. The Morgan fingerprint density at radius 2 is 2.04 bits per heavy atom. The summed E-state index contributed by atoms with van der Waals surface area (Å²) in [5.41, 5.74) is -1.19. The van der Waals surface area contributed by atoms with Gasteiger partial charge in [-0.1, -0.05) is 19.1 Å². The summed E-state index contributed by atoms with van der Waals surface area (Å²) in [6.07, 6.45) is 2.86. The summed E-state index contributed by atoms with van der Waals surface area (Å²) in [6.45, 7) is 5.58. The van der Waals surface area contributed by atoms with Gasteiger partial charge in [0.15, 0.2) is 11.7 Å². The van der Waals surface area contributed by atoms with E-state index in [1.165, 1.54) is 6.92 Å². The molecule has 0 aromatic rings. The van der Waals surface area contributed by atoms with Gasteiger partial charge in [0.05, 0.1) is 0 Å². The maximum Gasteiger partial charge on any atom is 0.338 e. The Labute approximate surface area is 153 Å². The van der Waals surface area contributed by atoms with Crippen molar-refractivity contribution in [2.45, 2.75) is 45.3 Å². The molecule has 0 unspecified atom stereocenters. The lowest BCUT2D eigenvalue weighted by Crippen LogP contribution is -2.45. The molecule has 0 amide bonds. The predicted octanol–water partition coefficient (Wildman–Crippen LogP) is 1.01. The topological polar surface area (TPSA) is 93.1 Å². The number of Topliss-reactive ketones (excluding diaryl/α,β-unsaturated/α-hetero) is 1. The minimum absolute atomic E-state index is 0.140. The van der Waals surface area contributed by atoms with Gasteiger partial charge in [-0.2, -0.15) is 0 Å². The monoisotopic (exact) mass is 365 g/mol. The highest BCUT2D eigenvalue weighted by molar-refractivity contribution is 6.01. The van der Waals surface area contributed by atoms with Crippen LogP contribution in [-0.2, 0) is 23.9 Å². The summed E-state index contributed by atoms with van der Waals surface area (Å²) >= 11 is 0. The standard InChI is InChI=1S/C19H27NO6/c1-5-13-10-12(2)19(3,24)18(23)25-11-14-6-8-20(4)9-7-15(16(14)21)26-17(13)22/h5-6,12,15,24H,7-11H2,1-4H3/t12-,15-,19-/m1/s1. The van der Waals surface area contributed by atoms with Crippen molar-refractivity contribution < 1.29 is 29.0 Å². The highest BCUT2D eigenvalue weighted by Crippen LogP contribution is 2.27. The van der Waals surface area contributed by atoms with Crippen molar-refractivity contribution in [3.63, 3.8) is 0 Å². The van der Waals surface area contributed by atoms with Crippen LogP contribution in [0.15, 0.2) is 23.3 Å². The lowest BCUT2D eigenvalue weighted by atomic mass is 9.85. The fourth-order valence-electron chi connectivity index (χ4n) is 2.92. The number of carbonyl (C=O) groups is 3. The first-order valence-electron chi connectivity index (χ1n) is 8.84. The molecule has 2 aliphatic rings. The Morgan fingerprint density at radius 3 is 2.69 bits per heavy atom. The zero-order valence-corrected chi connectivity index (χ0v) is 15.8. The third-order valence-electron chi connectivity index (χ3n) is 5.15. The second-order valence-electron chi connectivity index (χ2n) is 7.18. The van der Waals surface area contributed by atoms with Crippen molar-refractivity contribution in [2.24, 2.45) is 5.92 Å². The maximum absolute atomic E-state index is 12.8.